The number of ether oxygens (including phenoxy) is 1. The van der Waals surface area contributed by atoms with Gasteiger partial charge in [0.25, 0.3) is 5.91 Å². The van der Waals surface area contributed by atoms with Crippen LogP contribution in [0.1, 0.15) is 44.4 Å². The van der Waals surface area contributed by atoms with Gasteiger partial charge in [-0.3, -0.25) is 9.59 Å². The van der Waals surface area contributed by atoms with E-state index < -0.39 is 0 Å². The van der Waals surface area contributed by atoms with Crippen molar-refractivity contribution in [1.82, 2.24) is 5.32 Å². The molecule has 0 radical (unpaired) electrons. The Morgan fingerprint density at radius 2 is 1.82 bits per heavy atom. The molecule has 0 saturated carbocycles. The van der Waals surface area contributed by atoms with Gasteiger partial charge in [0.05, 0.1) is 11.7 Å². The summed E-state index contributed by atoms with van der Waals surface area (Å²) in [6, 6.07) is 15.7. The summed E-state index contributed by atoms with van der Waals surface area (Å²) < 4.78 is 5.44. The fourth-order valence-corrected chi connectivity index (χ4v) is 3.42. The molecule has 1 aliphatic heterocycles. The Bertz CT molecular complexity index is 830. The van der Waals surface area contributed by atoms with Gasteiger partial charge < -0.3 is 15.0 Å². The Morgan fingerprint density at radius 1 is 1.11 bits per heavy atom. The molecule has 5 nitrogen and oxygen atoms in total. The van der Waals surface area contributed by atoms with E-state index in [0.717, 1.165) is 17.7 Å². The highest BCUT2D eigenvalue weighted by Gasteiger charge is 2.25. The van der Waals surface area contributed by atoms with Gasteiger partial charge in [0, 0.05) is 13.0 Å². The second kappa shape index (κ2) is 8.91. The molecule has 0 spiro atoms. The average molecular weight is 380 g/mol. The predicted octanol–water partition coefficient (Wildman–Crippen LogP) is 3.88. The summed E-state index contributed by atoms with van der Waals surface area (Å²) >= 11 is 0. The fourth-order valence-electron chi connectivity index (χ4n) is 3.42. The summed E-state index contributed by atoms with van der Waals surface area (Å²) in [4.78, 5) is 26.2. The van der Waals surface area contributed by atoms with Gasteiger partial charge in [-0.05, 0) is 42.5 Å². The molecule has 5 heteroatoms. The van der Waals surface area contributed by atoms with Crippen molar-refractivity contribution in [2.45, 2.75) is 39.7 Å². The van der Waals surface area contributed by atoms with Crippen LogP contribution in [-0.2, 0) is 16.0 Å². The maximum Gasteiger partial charge on any atom is 0.265 e. The summed E-state index contributed by atoms with van der Waals surface area (Å²) in [6.45, 7) is 6.73. The first-order valence-corrected chi connectivity index (χ1v) is 9.84. The number of amides is 2. The summed E-state index contributed by atoms with van der Waals surface area (Å²) in [6.07, 6.45) is 1.30. The van der Waals surface area contributed by atoms with Gasteiger partial charge in [0.15, 0.2) is 6.61 Å². The molecule has 1 N–H and O–H groups in total. The Morgan fingerprint density at radius 3 is 2.54 bits per heavy atom. The average Bonchev–Trinajstić information content (AvgIpc) is 2.67. The first-order chi connectivity index (χ1) is 13.4. The maximum absolute atomic E-state index is 12.4. The lowest BCUT2D eigenvalue weighted by molar-refractivity contribution is -0.122. The van der Waals surface area contributed by atoms with Crippen LogP contribution in [0, 0.1) is 5.92 Å². The van der Waals surface area contributed by atoms with Gasteiger partial charge in [0.2, 0.25) is 5.91 Å². The number of benzene rings is 2. The zero-order valence-corrected chi connectivity index (χ0v) is 16.8. The van der Waals surface area contributed by atoms with Crippen LogP contribution < -0.4 is 15.0 Å². The molecule has 1 aliphatic rings. The van der Waals surface area contributed by atoms with Gasteiger partial charge in [-0.25, -0.2) is 0 Å². The van der Waals surface area contributed by atoms with E-state index in [2.05, 4.69) is 43.4 Å². The minimum absolute atomic E-state index is 0.0117. The molecular weight excluding hydrogens is 352 g/mol. The number of nitrogens with one attached hydrogen (secondary N) is 1. The molecule has 0 bridgehead atoms. The number of carbonyl (C=O) groups is 2. The van der Waals surface area contributed by atoms with Gasteiger partial charge in [-0.2, -0.15) is 0 Å². The molecule has 0 aromatic heterocycles. The van der Waals surface area contributed by atoms with E-state index in [1.54, 1.807) is 4.90 Å². The summed E-state index contributed by atoms with van der Waals surface area (Å²) in [5, 5.41) is 3.03. The smallest absolute Gasteiger partial charge is 0.265 e. The van der Waals surface area contributed by atoms with Crippen molar-refractivity contribution >= 4 is 17.5 Å². The molecule has 3 rings (SSSR count). The highest BCUT2D eigenvalue weighted by molar-refractivity contribution is 5.98. The van der Waals surface area contributed by atoms with Crippen molar-refractivity contribution in [3.05, 3.63) is 59.7 Å². The van der Waals surface area contributed by atoms with E-state index in [-0.39, 0.29) is 30.9 Å². The molecule has 1 heterocycles. The summed E-state index contributed by atoms with van der Waals surface area (Å²) in [5.74, 6) is 1.10. The molecular formula is C23H28N2O3. The van der Waals surface area contributed by atoms with E-state index in [9.17, 15) is 9.59 Å². The summed E-state index contributed by atoms with van der Waals surface area (Å²) in [5.41, 5.74) is 3.11. The topological polar surface area (TPSA) is 58.6 Å². The van der Waals surface area contributed by atoms with Crippen LogP contribution in [0.4, 0.5) is 5.69 Å². The third-order valence-electron chi connectivity index (χ3n) is 4.87. The standard InChI is InChI=1S/C23H28N2O3/c1-16(2)14-18-8-10-19(11-9-18)17(3)24-22(26)12-13-25-20-6-4-5-7-21(20)28-15-23(25)27/h4-11,16-17H,12-15H2,1-3H3,(H,24,26). The van der Waals surface area contributed by atoms with Crippen molar-refractivity contribution in [2.75, 3.05) is 18.1 Å². The monoisotopic (exact) mass is 380 g/mol. The Balaban J connectivity index is 1.55. The van der Waals surface area contributed by atoms with E-state index in [0.29, 0.717) is 18.2 Å². The van der Waals surface area contributed by atoms with Crippen molar-refractivity contribution in [1.29, 1.82) is 0 Å². The number of para-hydroxylation sites is 2. The van der Waals surface area contributed by atoms with Crippen LogP contribution in [-0.4, -0.2) is 25.0 Å². The Labute approximate surface area is 166 Å². The molecule has 2 aromatic rings. The minimum atomic E-state index is -0.125. The second-order valence-corrected chi connectivity index (χ2v) is 7.68. The van der Waals surface area contributed by atoms with Crippen molar-refractivity contribution in [3.63, 3.8) is 0 Å². The van der Waals surface area contributed by atoms with Crippen LogP contribution >= 0.6 is 0 Å². The predicted molar refractivity (Wildman–Crippen MR) is 110 cm³/mol. The van der Waals surface area contributed by atoms with Crippen LogP contribution in [0.15, 0.2) is 48.5 Å². The van der Waals surface area contributed by atoms with Gasteiger partial charge in [-0.15, -0.1) is 0 Å². The maximum atomic E-state index is 12.4. The van der Waals surface area contributed by atoms with Crippen LogP contribution in [0.2, 0.25) is 0 Å². The van der Waals surface area contributed by atoms with Crippen LogP contribution in [0.5, 0.6) is 5.75 Å². The lowest BCUT2D eigenvalue weighted by Gasteiger charge is -2.29. The number of nitrogens with zero attached hydrogens (tertiary/aromatic N) is 1. The zero-order valence-electron chi connectivity index (χ0n) is 16.8. The first-order valence-electron chi connectivity index (χ1n) is 9.84. The highest BCUT2D eigenvalue weighted by atomic mass is 16.5. The second-order valence-electron chi connectivity index (χ2n) is 7.68. The number of hydrogen-bond donors (Lipinski definition) is 1. The van der Waals surface area contributed by atoms with E-state index in [4.69, 9.17) is 4.74 Å². The van der Waals surface area contributed by atoms with Crippen molar-refractivity contribution < 1.29 is 14.3 Å². The zero-order chi connectivity index (χ0) is 20.1. The lowest BCUT2D eigenvalue weighted by atomic mass is 10.00. The summed E-state index contributed by atoms with van der Waals surface area (Å²) in [7, 11) is 0. The highest BCUT2D eigenvalue weighted by Crippen LogP contribution is 2.31. The minimum Gasteiger partial charge on any atom is -0.482 e. The van der Waals surface area contributed by atoms with Gasteiger partial charge in [0.1, 0.15) is 5.75 Å². The van der Waals surface area contributed by atoms with Crippen LogP contribution in [0.25, 0.3) is 0 Å². The lowest BCUT2D eigenvalue weighted by Crippen LogP contribution is -2.41. The number of fused-ring (bicyclic) bond motifs is 1. The van der Waals surface area contributed by atoms with E-state index in [1.807, 2.05) is 31.2 Å². The van der Waals surface area contributed by atoms with E-state index >= 15 is 0 Å². The third-order valence-corrected chi connectivity index (χ3v) is 4.87. The third kappa shape index (κ3) is 4.91. The molecule has 28 heavy (non-hydrogen) atoms. The van der Waals surface area contributed by atoms with Gasteiger partial charge in [-0.1, -0.05) is 50.2 Å². The number of hydrogen-bond acceptors (Lipinski definition) is 3. The normalized spacial score (nSPS) is 14.4. The van der Waals surface area contributed by atoms with Gasteiger partial charge >= 0.3 is 0 Å². The van der Waals surface area contributed by atoms with Crippen molar-refractivity contribution in [2.24, 2.45) is 5.92 Å². The molecule has 1 unspecified atom stereocenters. The van der Waals surface area contributed by atoms with E-state index in [1.165, 1.54) is 5.56 Å². The molecule has 2 aromatic carbocycles. The Kier molecular flexibility index (Phi) is 6.34. The molecule has 0 fully saturated rings. The molecule has 148 valence electrons. The van der Waals surface area contributed by atoms with Crippen LogP contribution in [0.3, 0.4) is 0 Å². The van der Waals surface area contributed by atoms with Crippen molar-refractivity contribution in [3.8, 4) is 5.75 Å². The SMILES string of the molecule is CC(C)Cc1ccc(C(C)NC(=O)CCN2C(=O)COc3ccccc32)cc1. The largest absolute Gasteiger partial charge is 0.482 e. The fraction of sp³-hybridized carbons (Fsp3) is 0.391. The first kappa shape index (κ1) is 19.9. The quantitative estimate of drug-likeness (QED) is 0.793. The molecule has 2 amide bonds. The number of carbonyl (C=O) groups excluding carboxylic acids is 2. The molecule has 0 aliphatic carbocycles. The molecule has 0 saturated heterocycles. The number of anilines is 1. The Hall–Kier alpha value is -2.82. The molecule has 1 atom stereocenters. The number of rotatable bonds is 7.